The lowest BCUT2D eigenvalue weighted by atomic mass is 10.2. The van der Waals surface area contributed by atoms with Gasteiger partial charge in [-0.1, -0.05) is 29.5 Å². The molecule has 0 spiro atoms. The zero-order chi connectivity index (χ0) is 19.7. The van der Waals surface area contributed by atoms with Gasteiger partial charge in [0.1, 0.15) is 5.82 Å². The monoisotopic (exact) mass is 421 g/mol. The van der Waals surface area contributed by atoms with Crippen molar-refractivity contribution >= 4 is 27.7 Å². The van der Waals surface area contributed by atoms with E-state index in [9.17, 15) is 13.2 Å². The molecule has 150 valence electrons. The van der Waals surface area contributed by atoms with Gasteiger partial charge in [0.2, 0.25) is 21.1 Å². The number of carbonyl (C=O) groups is 1. The zero-order valence-electron chi connectivity index (χ0n) is 15.7. The number of nitrogens with zero attached hydrogens (tertiary/aromatic N) is 4. The minimum atomic E-state index is -3.52. The summed E-state index contributed by atoms with van der Waals surface area (Å²) in [5, 5.41) is 7.67. The van der Waals surface area contributed by atoms with Crippen LogP contribution in [0.15, 0.2) is 34.3 Å². The highest BCUT2D eigenvalue weighted by Gasteiger charge is 2.30. The Morgan fingerprint density at radius 1 is 1.18 bits per heavy atom. The third-order valence-electron chi connectivity index (χ3n) is 5.02. The predicted molar refractivity (Wildman–Crippen MR) is 106 cm³/mol. The fourth-order valence-electron chi connectivity index (χ4n) is 3.12. The number of thioether (sulfide) groups is 1. The van der Waals surface area contributed by atoms with Crippen molar-refractivity contribution in [1.82, 2.24) is 24.4 Å². The van der Waals surface area contributed by atoms with Crippen LogP contribution in [0.1, 0.15) is 30.1 Å². The van der Waals surface area contributed by atoms with Crippen LogP contribution in [0.5, 0.6) is 0 Å². The number of hydrogen-bond acceptors (Lipinski definition) is 6. The van der Waals surface area contributed by atoms with Crippen molar-refractivity contribution in [2.75, 3.05) is 31.9 Å². The number of carbonyl (C=O) groups excluding carboxylic acids is 1. The minimum Gasteiger partial charge on any atom is -0.339 e. The van der Waals surface area contributed by atoms with Crippen LogP contribution in [0, 0.1) is 6.92 Å². The molecule has 28 heavy (non-hydrogen) atoms. The first-order chi connectivity index (χ1) is 13.4. The molecule has 0 radical (unpaired) electrons. The maximum Gasteiger partial charge on any atom is 0.243 e. The van der Waals surface area contributed by atoms with Gasteiger partial charge in [0.25, 0.3) is 0 Å². The molecule has 4 rings (SSSR count). The van der Waals surface area contributed by atoms with Gasteiger partial charge in [-0.15, -0.1) is 5.10 Å². The van der Waals surface area contributed by atoms with Crippen LogP contribution < -0.4 is 0 Å². The smallest absolute Gasteiger partial charge is 0.243 e. The van der Waals surface area contributed by atoms with Gasteiger partial charge in [0.15, 0.2) is 0 Å². The largest absolute Gasteiger partial charge is 0.339 e. The van der Waals surface area contributed by atoms with Gasteiger partial charge < -0.3 is 4.90 Å². The molecule has 2 aliphatic rings. The summed E-state index contributed by atoms with van der Waals surface area (Å²) < 4.78 is 26.9. The summed E-state index contributed by atoms with van der Waals surface area (Å²) in [6.07, 6.45) is 2.29. The number of aromatic amines is 1. The minimum absolute atomic E-state index is 0.0184. The normalized spacial score (nSPS) is 18.4. The number of rotatable bonds is 6. The molecule has 1 saturated heterocycles. The Balaban J connectivity index is 1.29. The molecule has 0 unspecified atom stereocenters. The molecule has 0 bridgehead atoms. The molecular weight excluding hydrogens is 398 g/mol. The van der Waals surface area contributed by atoms with Crippen molar-refractivity contribution in [1.29, 1.82) is 0 Å². The van der Waals surface area contributed by atoms with Crippen LogP contribution in [-0.4, -0.2) is 70.6 Å². The lowest BCUT2D eigenvalue weighted by Gasteiger charge is -2.34. The number of nitrogens with one attached hydrogen (secondary N) is 1. The third kappa shape index (κ3) is 4.23. The maximum atomic E-state index is 12.7. The van der Waals surface area contributed by atoms with E-state index in [2.05, 4.69) is 15.2 Å². The van der Waals surface area contributed by atoms with Crippen molar-refractivity contribution in [3.63, 3.8) is 0 Å². The average Bonchev–Trinajstić information content (AvgIpc) is 3.45. The van der Waals surface area contributed by atoms with E-state index >= 15 is 0 Å². The summed E-state index contributed by atoms with van der Waals surface area (Å²) in [7, 11) is -3.52. The van der Waals surface area contributed by atoms with E-state index < -0.39 is 10.0 Å². The Labute approximate surface area is 168 Å². The van der Waals surface area contributed by atoms with E-state index in [1.165, 1.54) is 16.1 Å². The first-order valence-electron chi connectivity index (χ1n) is 9.33. The molecule has 1 aromatic carbocycles. The number of aryl methyl sites for hydroxylation is 1. The second-order valence-corrected chi connectivity index (χ2v) is 10.0. The number of amides is 1. The van der Waals surface area contributed by atoms with E-state index in [4.69, 9.17) is 0 Å². The van der Waals surface area contributed by atoms with Crippen molar-refractivity contribution in [2.24, 2.45) is 0 Å². The van der Waals surface area contributed by atoms with Crippen LogP contribution >= 0.6 is 11.8 Å². The number of hydrogen-bond donors (Lipinski definition) is 1. The number of piperazine rings is 1. The summed E-state index contributed by atoms with van der Waals surface area (Å²) in [5.41, 5.74) is 1.02. The Bertz CT molecular complexity index is 946. The van der Waals surface area contributed by atoms with E-state index in [0.717, 1.165) is 24.2 Å². The number of aromatic nitrogens is 3. The van der Waals surface area contributed by atoms with Crippen LogP contribution in [0.3, 0.4) is 0 Å². The molecule has 1 aliphatic heterocycles. The molecule has 2 fully saturated rings. The Hall–Kier alpha value is -1.91. The molecule has 2 aromatic rings. The fraction of sp³-hybridized carbons (Fsp3) is 0.500. The Morgan fingerprint density at radius 2 is 1.86 bits per heavy atom. The van der Waals surface area contributed by atoms with Crippen molar-refractivity contribution in [2.45, 2.75) is 35.7 Å². The summed E-state index contributed by atoms with van der Waals surface area (Å²) in [4.78, 5) is 18.9. The predicted octanol–water partition coefficient (Wildman–Crippen LogP) is 1.62. The molecule has 1 N–H and O–H groups in total. The summed E-state index contributed by atoms with van der Waals surface area (Å²) in [5.74, 6) is 1.65. The van der Waals surface area contributed by atoms with Gasteiger partial charge in [-0.2, -0.15) is 4.31 Å². The van der Waals surface area contributed by atoms with E-state index in [1.54, 1.807) is 29.2 Å². The summed E-state index contributed by atoms with van der Waals surface area (Å²) in [6, 6.07) is 6.85. The molecule has 1 saturated carbocycles. The first-order valence-corrected chi connectivity index (χ1v) is 11.8. The number of sulfonamides is 1. The third-order valence-corrected chi connectivity index (χ3v) is 7.77. The molecule has 8 nitrogen and oxygen atoms in total. The van der Waals surface area contributed by atoms with Crippen molar-refractivity contribution < 1.29 is 13.2 Å². The van der Waals surface area contributed by atoms with Gasteiger partial charge in [-0.3, -0.25) is 9.89 Å². The van der Waals surface area contributed by atoms with Crippen molar-refractivity contribution in [3.8, 4) is 0 Å². The summed E-state index contributed by atoms with van der Waals surface area (Å²) >= 11 is 1.32. The molecule has 1 aromatic heterocycles. The van der Waals surface area contributed by atoms with E-state index in [1.807, 2.05) is 6.92 Å². The molecule has 10 heteroatoms. The second-order valence-electron chi connectivity index (χ2n) is 7.16. The Morgan fingerprint density at radius 3 is 2.50 bits per heavy atom. The van der Waals surface area contributed by atoms with E-state index in [0.29, 0.717) is 42.1 Å². The highest BCUT2D eigenvalue weighted by molar-refractivity contribution is 7.99. The van der Waals surface area contributed by atoms with Crippen LogP contribution in [0.2, 0.25) is 0 Å². The topological polar surface area (TPSA) is 99.3 Å². The standard InChI is InChI=1S/C18H23N5O3S2/c1-13-2-6-15(7-3-13)28(25,26)23-10-8-22(9-11-23)16(24)12-27-18-19-17(20-21-18)14-4-5-14/h2-3,6-7,14H,4-5,8-12H2,1H3,(H,19,20,21). The van der Waals surface area contributed by atoms with Crippen LogP contribution in [0.4, 0.5) is 0 Å². The van der Waals surface area contributed by atoms with Crippen molar-refractivity contribution in [3.05, 3.63) is 35.7 Å². The Kier molecular flexibility index (Phi) is 5.44. The highest BCUT2D eigenvalue weighted by atomic mass is 32.2. The quantitative estimate of drug-likeness (QED) is 0.712. The number of benzene rings is 1. The number of H-pyrrole nitrogens is 1. The highest BCUT2D eigenvalue weighted by Crippen LogP contribution is 2.38. The molecule has 1 aliphatic carbocycles. The lowest BCUT2D eigenvalue weighted by molar-refractivity contribution is -0.129. The van der Waals surface area contributed by atoms with E-state index in [-0.39, 0.29) is 11.7 Å². The summed E-state index contributed by atoms with van der Waals surface area (Å²) in [6.45, 7) is 3.32. The first kappa shape index (κ1) is 19.4. The molecular formula is C18H23N5O3S2. The average molecular weight is 422 g/mol. The van der Waals surface area contributed by atoms with Gasteiger partial charge in [0.05, 0.1) is 10.6 Å². The van der Waals surface area contributed by atoms with Gasteiger partial charge in [0, 0.05) is 32.1 Å². The van der Waals surface area contributed by atoms with Crippen LogP contribution in [0.25, 0.3) is 0 Å². The van der Waals surface area contributed by atoms with Gasteiger partial charge in [-0.25, -0.2) is 13.4 Å². The maximum absolute atomic E-state index is 12.7. The SMILES string of the molecule is Cc1ccc(S(=O)(=O)N2CCN(C(=O)CSc3n[nH]c(C4CC4)n3)CC2)cc1. The van der Waals surface area contributed by atoms with Gasteiger partial charge in [-0.05, 0) is 31.9 Å². The molecule has 1 amide bonds. The lowest BCUT2D eigenvalue weighted by Crippen LogP contribution is -2.50. The zero-order valence-corrected chi connectivity index (χ0v) is 17.3. The van der Waals surface area contributed by atoms with Crippen LogP contribution in [-0.2, 0) is 14.8 Å². The molecule has 0 atom stereocenters. The second kappa shape index (κ2) is 7.84. The van der Waals surface area contributed by atoms with Gasteiger partial charge >= 0.3 is 0 Å². The molecule has 2 heterocycles. The fourth-order valence-corrected chi connectivity index (χ4v) is 5.25.